The third kappa shape index (κ3) is 2.94. The van der Waals surface area contributed by atoms with E-state index in [2.05, 4.69) is 16.5 Å². The Morgan fingerprint density at radius 1 is 1.52 bits per heavy atom. The van der Waals surface area contributed by atoms with Gasteiger partial charge in [-0.3, -0.25) is 4.79 Å². The summed E-state index contributed by atoms with van der Waals surface area (Å²) in [6.07, 6.45) is 2.18. The number of thioether (sulfide) groups is 1. The molecule has 2 heterocycles. The van der Waals surface area contributed by atoms with Gasteiger partial charge in [-0.2, -0.15) is 22.1 Å². The molecular formula is C16H15ClN4OS. The van der Waals surface area contributed by atoms with Crippen LogP contribution in [0.15, 0.2) is 30.5 Å². The topological polar surface area (TPSA) is 70.7 Å². The number of nitriles is 1. The molecule has 1 N–H and O–H groups in total. The van der Waals surface area contributed by atoms with Gasteiger partial charge in [0.1, 0.15) is 5.54 Å². The van der Waals surface area contributed by atoms with E-state index in [1.165, 1.54) is 6.20 Å². The van der Waals surface area contributed by atoms with Crippen LogP contribution in [0.25, 0.3) is 5.69 Å². The van der Waals surface area contributed by atoms with Gasteiger partial charge in [0.05, 0.1) is 34.2 Å². The Balaban J connectivity index is 1.89. The highest BCUT2D eigenvalue weighted by Gasteiger charge is 2.36. The van der Waals surface area contributed by atoms with Gasteiger partial charge in [0.15, 0.2) is 0 Å². The summed E-state index contributed by atoms with van der Waals surface area (Å²) in [7, 11) is 0. The zero-order valence-corrected chi connectivity index (χ0v) is 14.1. The molecule has 1 aliphatic rings. The van der Waals surface area contributed by atoms with Gasteiger partial charge in [0.25, 0.3) is 5.91 Å². The van der Waals surface area contributed by atoms with Crippen molar-refractivity contribution in [1.82, 2.24) is 15.1 Å². The molecule has 0 aliphatic carbocycles. The molecule has 0 bridgehead atoms. The van der Waals surface area contributed by atoms with E-state index < -0.39 is 5.54 Å². The monoisotopic (exact) mass is 346 g/mol. The number of aromatic nitrogens is 2. The van der Waals surface area contributed by atoms with E-state index in [0.717, 1.165) is 11.4 Å². The molecular weight excluding hydrogens is 332 g/mol. The molecule has 7 heteroatoms. The first-order valence-corrected chi connectivity index (χ1v) is 8.71. The van der Waals surface area contributed by atoms with E-state index in [-0.39, 0.29) is 5.91 Å². The van der Waals surface area contributed by atoms with Crippen LogP contribution in [0.4, 0.5) is 0 Å². The van der Waals surface area contributed by atoms with Crippen molar-refractivity contribution in [3.63, 3.8) is 0 Å². The fourth-order valence-corrected chi connectivity index (χ4v) is 4.05. The van der Waals surface area contributed by atoms with E-state index in [4.69, 9.17) is 11.6 Å². The Kier molecular flexibility index (Phi) is 4.33. The van der Waals surface area contributed by atoms with Crippen molar-refractivity contribution in [2.24, 2.45) is 0 Å². The predicted molar refractivity (Wildman–Crippen MR) is 91.1 cm³/mol. The van der Waals surface area contributed by atoms with Crippen LogP contribution >= 0.6 is 23.4 Å². The number of carbonyl (C=O) groups excluding carboxylic acids is 1. The van der Waals surface area contributed by atoms with Crippen molar-refractivity contribution >= 4 is 29.3 Å². The Labute approximate surface area is 143 Å². The number of nitrogens with zero attached hydrogens (tertiary/aromatic N) is 3. The number of hydrogen-bond donors (Lipinski definition) is 1. The first kappa shape index (κ1) is 15.9. The quantitative estimate of drug-likeness (QED) is 0.927. The number of halogens is 1. The first-order valence-electron chi connectivity index (χ1n) is 7.17. The van der Waals surface area contributed by atoms with Gasteiger partial charge in [0, 0.05) is 5.75 Å². The molecule has 23 heavy (non-hydrogen) atoms. The molecule has 0 radical (unpaired) electrons. The Hall–Kier alpha value is -1.97. The molecule has 1 amide bonds. The van der Waals surface area contributed by atoms with Gasteiger partial charge in [-0.05, 0) is 31.2 Å². The minimum atomic E-state index is -0.777. The van der Waals surface area contributed by atoms with Crippen molar-refractivity contribution in [3.05, 3.63) is 46.7 Å². The van der Waals surface area contributed by atoms with E-state index in [1.807, 2.05) is 25.1 Å². The van der Waals surface area contributed by atoms with E-state index >= 15 is 0 Å². The lowest BCUT2D eigenvalue weighted by molar-refractivity contribution is 0.0925. The lowest BCUT2D eigenvalue weighted by Gasteiger charge is -2.21. The molecule has 1 aromatic carbocycles. The summed E-state index contributed by atoms with van der Waals surface area (Å²) >= 11 is 7.87. The lowest BCUT2D eigenvalue weighted by Crippen LogP contribution is -2.47. The average Bonchev–Trinajstić information content (AvgIpc) is 3.15. The Morgan fingerprint density at radius 3 is 2.96 bits per heavy atom. The van der Waals surface area contributed by atoms with E-state index in [1.54, 1.807) is 22.5 Å². The third-order valence-electron chi connectivity index (χ3n) is 3.92. The van der Waals surface area contributed by atoms with Gasteiger partial charge < -0.3 is 5.32 Å². The highest BCUT2D eigenvalue weighted by molar-refractivity contribution is 7.99. The zero-order valence-electron chi connectivity index (χ0n) is 12.5. The molecule has 1 fully saturated rings. The van der Waals surface area contributed by atoms with Crippen LogP contribution in [0.1, 0.15) is 22.5 Å². The highest BCUT2D eigenvalue weighted by atomic mass is 35.5. The molecule has 1 saturated heterocycles. The van der Waals surface area contributed by atoms with Gasteiger partial charge >= 0.3 is 0 Å². The number of carbonyl (C=O) groups is 1. The number of amides is 1. The van der Waals surface area contributed by atoms with Crippen LogP contribution in [0.2, 0.25) is 5.02 Å². The molecule has 0 spiro atoms. The second kappa shape index (κ2) is 6.26. The van der Waals surface area contributed by atoms with Crippen LogP contribution in [0, 0.1) is 18.3 Å². The maximum atomic E-state index is 12.6. The molecule has 2 aromatic rings. The highest BCUT2D eigenvalue weighted by Crippen LogP contribution is 2.28. The van der Waals surface area contributed by atoms with Crippen LogP contribution in [-0.2, 0) is 0 Å². The largest absolute Gasteiger partial charge is 0.333 e. The summed E-state index contributed by atoms with van der Waals surface area (Å²) in [5, 5.41) is 17.1. The van der Waals surface area contributed by atoms with Crippen LogP contribution in [0.3, 0.4) is 0 Å². The predicted octanol–water partition coefficient (Wildman–Crippen LogP) is 2.96. The number of rotatable bonds is 3. The van der Waals surface area contributed by atoms with E-state index in [9.17, 15) is 10.1 Å². The van der Waals surface area contributed by atoms with Crippen molar-refractivity contribution in [1.29, 1.82) is 5.26 Å². The smallest absolute Gasteiger partial charge is 0.256 e. The summed E-state index contributed by atoms with van der Waals surface area (Å²) in [6, 6.07) is 9.57. The number of para-hydroxylation sites is 1. The summed E-state index contributed by atoms with van der Waals surface area (Å²) in [5.74, 6) is 1.23. The second-order valence-corrected chi connectivity index (χ2v) is 6.97. The van der Waals surface area contributed by atoms with Gasteiger partial charge in [-0.25, -0.2) is 4.68 Å². The van der Waals surface area contributed by atoms with Crippen LogP contribution < -0.4 is 5.32 Å². The molecule has 1 aliphatic heterocycles. The maximum Gasteiger partial charge on any atom is 0.256 e. The Bertz CT molecular complexity index is 790. The number of hydrogen-bond acceptors (Lipinski definition) is 4. The Morgan fingerprint density at radius 2 is 2.30 bits per heavy atom. The normalized spacial score (nSPS) is 20.2. The van der Waals surface area contributed by atoms with Crippen LogP contribution in [0.5, 0.6) is 0 Å². The molecule has 0 saturated carbocycles. The first-order chi connectivity index (χ1) is 11.1. The van der Waals surface area contributed by atoms with Gasteiger partial charge in [0.2, 0.25) is 0 Å². The minimum Gasteiger partial charge on any atom is -0.333 e. The van der Waals surface area contributed by atoms with Crippen molar-refractivity contribution in [2.75, 3.05) is 11.5 Å². The summed E-state index contributed by atoms with van der Waals surface area (Å²) in [5.41, 5.74) is 1.09. The standard InChI is InChI=1S/C16H15ClN4OS/c1-11-12(15(22)20-16(9-18)6-7-23-10-16)8-19-21(11)14-5-3-2-4-13(14)17/h2-5,8H,6-7,10H2,1H3,(H,20,22). The third-order valence-corrected chi connectivity index (χ3v) is 5.43. The molecule has 3 rings (SSSR count). The number of nitrogens with one attached hydrogen (secondary N) is 1. The SMILES string of the molecule is Cc1c(C(=O)NC2(C#N)CCSC2)cnn1-c1ccccc1Cl. The van der Waals surface area contributed by atoms with E-state index in [0.29, 0.717) is 28.5 Å². The summed E-state index contributed by atoms with van der Waals surface area (Å²) in [6.45, 7) is 1.81. The number of benzene rings is 1. The molecule has 118 valence electrons. The second-order valence-electron chi connectivity index (χ2n) is 5.46. The molecule has 1 aromatic heterocycles. The fraction of sp³-hybridized carbons (Fsp3) is 0.312. The minimum absolute atomic E-state index is 0.273. The van der Waals surface area contributed by atoms with Crippen molar-refractivity contribution in [3.8, 4) is 11.8 Å². The summed E-state index contributed by atoms with van der Waals surface area (Å²) in [4.78, 5) is 12.6. The molecule has 1 unspecified atom stereocenters. The fourth-order valence-electron chi connectivity index (χ4n) is 2.56. The molecule has 5 nitrogen and oxygen atoms in total. The van der Waals surface area contributed by atoms with Crippen LogP contribution in [-0.4, -0.2) is 32.7 Å². The van der Waals surface area contributed by atoms with Crippen molar-refractivity contribution in [2.45, 2.75) is 18.9 Å². The van der Waals surface area contributed by atoms with Gasteiger partial charge in [-0.1, -0.05) is 23.7 Å². The lowest BCUT2D eigenvalue weighted by atomic mass is 10.0. The zero-order chi connectivity index (χ0) is 16.4. The van der Waals surface area contributed by atoms with Crippen molar-refractivity contribution < 1.29 is 4.79 Å². The maximum absolute atomic E-state index is 12.6. The molecule has 1 atom stereocenters. The summed E-state index contributed by atoms with van der Waals surface area (Å²) < 4.78 is 1.64. The van der Waals surface area contributed by atoms with Gasteiger partial charge in [-0.15, -0.1) is 0 Å². The average molecular weight is 347 g/mol.